The van der Waals surface area contributed by atoms with E-state index < -0.39 is 15.6 Å². The monoisotopic (exact) mass is 587 g/mol. The van der Waals surface area contributed by atoms with Crippen molar-refractivity contribution in [2.45, 2.75) is 81.8 Å². The molecule has 42 heavy (non-hydrogen) atoms. The molecular weight excluding hydrogens is 546 g/mol. The van der Waals surface area contributed by atoms with E-state index >= 15 is 0 Å². The number of nitrogens with zero attached hydrogens (tertiary/aromatic N) is 3. The van der Waals surface area contributed by atoms with Crippen molar-refractivity contribution in [1.29, 1.82) is 0 Å². The number of ether oxygens (including phenoxy) is 1. The Balaban J connectivity index is 1.60. The molecule has 222 valence electrons. The Morgan fingerprint density at radius 3 is 1.88 bits per heavy atom. The first-order chi connectivity index (χ1) is 19.7. The summed E-state index contributed by atoms with van der Waals surface area (Å²) < 4.78 is 36.8. The maximum atomic E-state index is 14.2. The Morgan fingerprint density at radius 2 is 1.33 bits per heavy atom. The predicted molar refractivity (Wildman–Crippen MR) is 167 cm³/mol. The molecule has 3 unspecified atom stereocenters. The van der Waals surface area contributed by atoms with Crippen LogP contribution >= 0.6 is 0 Å². The van der Waals surface area contributed by atoms with E-state index in [-0.39, 0.29) is 29.5 Å². The van der Waals surface area contributed by atoms with Crippen LogP contribution < -0.4 is 14.5 Å². The van der Waals surface area contributed by atoms with E-state index in [4.69, 9.17) is 4.74 Å². The zero-order valence-electron chi connectivity index (χ0n) is 25.8. The molecule has 0 aromatic heterocycles. The normalized spacial score (nSPS) is 27.4. The van der Waals surface area contributed by atoms with Gasteiger partial charge in [-0.15, -0.1) is 0 Å². The van der Waals surface area contributed by atoms with E-state index in [1.165, 1.54) is 5.56 Å². The maximum absolute atomic E-state index is 14.2. The van der Waals surface area contributed by atoms with Crippen LogP contribution in [-0.2, 0) is 26.4 Å². The molecule has 7 rings (SSSR count). The molecule has 0 bridgehead atoms. The van der Waals surface area contributed by atoms with Gasteiger partial charge in [0, 0.05) is 83.2 Å². The fourth-order valence-corrected chi connectivity index (χ4v) is 9.97. The maximum Gasteiger partial charge on any atom is 0.244 e. The molecule has 4 aliphatic rings. The molecule has 3 atom stereocenters. The predicted octanol–water partition coefficient (Wildman–Crippen LogP) is 5.70. The van der Waals surface area contributed by atoms with Gasteiger partial charge in [-0.25, -0.2) is 8.42 Å². The van der Waals surface area contributed by atoms with Gasteiger partial charge in [-0.3, -0.25) is 0 Å². The number of benzene rings is 3. The van der Waals surface area contributed by atoms with Crippen LogP contribution in [0.3, 0.4) is 0 Å². The van der Waals surface area contributed by atoms with Gasteiger partial charge < -0.3 is 19.6 Å². The smallest absolute Gasteiger partial charge is 0.244 e. The molecule has 3 aromatic carbocycles. The average molecular weight is 588 g/mol. The number of β-amino-alcohol motifs (C(OH)–C–C–N with tert-alkyl or cyclic N) is 1. The lowest BCUT2D eigenvalue weighted by Gasteiger charge is -2.42. The summed E-state index contributed by atoms with van der Waals surface area (Å²) in [6.07, 6.45) is 0. The summed E-state index contributed by atoms with van der Waals surface area (Å²) in [6, 6.07) is 16.5. The van der Waals surface area contributed by atoms with Crippen LogP contribution in [0.15, 0.2) is 53.4 Å². The highest BCUT2D eigenvalue weighted by Crippen LogP contribution is 2.63. The van der Waals surface area contributed by atoms with Crippen molar-refractivity contribution in [1.82, 2.24) is 4.31 Å². The van der Waals surface area contributed by atoms with E-state index in [2.05, 4.69) is 82.5 Å². The molecule has 0 fully saturated rings. The first-order valence-corrected chi connectivity index (χ1v) is 16.5. The number of aliphatic hydroxyl groups is 1. The van der Waals surface area contributed by atoms with Gasteiger partial charge in [0.2, 0.25) is 10.0 Å². The van der Waals surface area contributed by atoms with E-state index in [9.17, 15) is 13.5 Å². The highest BCUT2D eigenvalue weighted by Gasteiger charge is 2.60. The molecule has 3 aromatic rings. The average Bonchev–Trinajstić information content (AvgIpc) is 3.34. The SMILES string of the molecule is CCN1c2cc3c(cc2C(C)(C)C1C)C1(c2cc4c(cc2O3)N(CCO)C(C)C4(C)C)c2ccccc2S(=O)(=O)N1C. The molecule has 7 nitrogen and oxygen atoms in total. The molecule has 4 heterocycles. The zero-order chi connectivity index (χ0) is 30.1. The minimum Gasteiger partial charge on any atom is -0.456 e. The largest absolute Gasteiger partial charge is 0.456 e. The van der Waals surface area contributed by atoms with Crippen LogP contribution in [0.25, 0.3) is 0 Å². The molecule has 0 saturated carbocycles. The summed E-state index contributed by atoms with van der Waals surface area (Å²) in [7, 11) is -2.08. The van der Waals surface area contributed by atoms with Crippen LogP contribution in [0.5, 0.6) is 11.5 Å². The van der Waals surface area contributed by atoms with E-state index in [0.29, 0.717) is 22.9 Å². The number of rotatable bonds is 3. The minimum atomic E-state index is -3.80. The van der Waals surface area contributed by atoms with Crippen molar-refractivity contribution in [3.8, 4) is 11.5 Å². The number of aliphatic hydroxyl groups excluding tert-OH is 1. The van der Waals surface area contributed by atoms with Gasteiger partial charge in [0.15, 0.2) is 0 Å². The minimum absolute atomic E-state index is 0.0475. The second-order valence-electron chi connectivity index (χ2n) is 13.5. The lowest BCUT2D eigenvalue weighted by atomic mass is 9.71. The lowest BCUT2D eigenvalue weighted by Crippen LogP contribution is -2.45. The van der Waals surface area contributed by atoms with Crippen LogP contribution in [0, 0.1) is 0 Å². The third-order valence-electron chi connectivity index (χ3n) is 11.3. The van der Waals surface area contributed by atoms with Crippen molar-refractivity contribution in [2.24, 2.45) is 0 Å². The second-order valence-corrected chi connectivity index (χ2v) is 15.4. The molecule has 0 radical (unpaired) electrons. The summed E-state index contributed by atoms with van der Waals surface area (Å²) in [6.45, 7) is 17.1. The number of hydrogen-bond acceptors (Lipinski definition) is 6. The van der Waals surface area contributed by atoms with Gasteiger partial charge in [-0.05, 0) is 50.1 Å². The number of fused-ring (bicyclic) bond motifs is 8. The quantitative estimate of drug-likeness (QED) is 0.424. The summed E-state index contributed by atoms with van der Waals surface area (Å²) in [4.78, 5) is 5.00. The number of sulfonamides is 1. The van der Waals surface area contributed by atoms with Crippen molar-refractivity contribution >= 4 is 21.4 Å². The molecule has 0 amide bonds. The zero-order valence-corrected chi connectivity index (χ0v) is 26.6. The number of hydrogen-bond donors (Lipinski definition) is 1. The molecule has 0 saturated heterocycles. The Labute approximate surface area is 249 Å². The molecule has 4 aliphatic heterocycles. The third-order valence-corrected chi connectivity index (χ3v) is 13.2. The number of likely N-dealkylation sites (N-methyl/N-ethyl adjacent to an activating group) is 1. The van der Waals surface area contributed by atoms with Crippen LogP contribution in [0.2, 0.25) is 0 Å². The standard InChI is InChI=1S/C34H41N3O4S/c1-9-36-20(2)32(4,5)23-16-25-29(18-27(23)36)41-30-19-28-24(33(6,7)21(3)37(28)14-15-38)17-26(30)34(25)22-12-10-11-13-31(22)42(39,40)35(34)8/h10-13,16-21,38H,9,14-15H2,1-8H3. The van der Waals surface area contributed by atoms with Gasteiger partial charge in [-0.1, -0.05) is 45.9 Å². The summed E-state index contributed by atoms with van der Waals surface area (Å²) >= 11 is 0. The summed E-state index contributed by atoms with van der Waals surface area (Å²) in [5, 5.41) is 9.93. The third kappa shape index (κ3) is 3.05. The molecular formula is C34H41N3O4S. The van der Waals surface area contributed by atoms with Gasteiger partial charge in [-0.2, -0.15) is 4.31 Å². The Hall–Kier alpha value is -3.07. The highest BCUT2D eigenvalue weighted by atomic mass is 32.2. The van der Waals surface area contributed by atoms with Crippen molar-refractivity contribution in [2.75, 3.05) is 36.5 Å². The summed E-state index contributed by atoms with van der Waals surface area (Å²) in [5.41, 5.74) is 5.51. The topological polar surface area (TPSA) is 73.3 Å². The highest BCUT2D eigenvalue weighted by molar-refractivity contribution is 7.89. The molecule has 0 aliphatic carbocycles. The Bertz CT molecular complexity index is 1760. The fraction of sp³-hybridized carbons (Fsp3) is 0.471. The van der Waals surface area contributed by atoms with Crippen LogP contribution in [0.4, 0.5) is 11.4 Å². The first-order valence-electron chi connectivity index (χ1n) is 15.0. The van der Waals surface area contributed by atoms with E-state index in [0.717, 1.165) is 40.2 Å². The van der Waals surface area contributed by atoms with Gasteiger partial charge in [0.1, 0.15) is 17.0 Å². The van der Waals surface area contributed by atoms with Crippen LogP contribution in [0.1, 0.15) is 76.3 Å². The van der Waals surface area contributed by atoms with Gasteiger partial charge in [0.05, 0.1) is 11.5 Å². The van der Waals surface area contributed by atoms with Crippen LogP contribution in [-0.4, -0.2) is 56.7 Å². The van der Waals surface area contributed by atoms with E-state index in [1.807, 2.05) is 12.1 Å². The Kier molecular flexibility index (Phi) is 5.63. The molecule has 1 N–H and O–H groups in total. The van der Waals surface area contributed by atoms with Crippen molar-refractivity contribution in [3.05, 3.63) is 76.3 Å². The Morgan fingerprint density at radius 1 is 0.810 bits per heavy atom. The van der Waals surface area contributed by atoms with E-state index in [1.54, 1.807) is 23.5 Å². The van der Waals surface area contributed by atoms with Crippen molar-refractivity contribution < 1.29 is 18.3 Å². The fourth-order valence-electron chi connectivity index (χ4n) is 8.27. The first kappa shape index (κ1) is 27.7. The van der Waals surface area contributed by atoms with Gasteiger partial charge in [0.25, 0.3) is 0 Å². The number of anilines is 2. The van der Waals surface area contributed by atoms with Crippen molar-refractivity contribution in [3.63, 3.8) is 0 Å². The lowest BCUT2D eigenvalue weighted by molar-refractivity contribution is 0.293. The van der Waals surface area contributed by atoms with Gasteiger partial charge >= 0.3 is 0 Å². The second kappa shape index (κ2) is 8.52. The summed E-state index contributed by atoms with van der Waals surface area (Å²) in [5.74, 6) is 1.34. The molecule has 8 heteroatoms. The molecule has 1 spiro atoms.